The maximum atomic E-state index is 12.0. The molecule has 0 fully saturated rings. The molecule has 3 aromatic rings. The minimum absolute atomic E-state index is 0.156. The Bertz CT molecular complexity index is 806. The Hall–Kier alpha value is -2.34. The summed E-state index contributed by atoms with van der Waals surface area (Å²) >= 11 is 5.83. The van der Waals surface area contributed by atoms with Gasteiger partial charge >= 0.3 is 0 Å². The SMILES string of the molecule is Cc1c(CNc2ccc(Cl)cc2)c(=O)[nH]n2cnnc12. The molecular weight excluding hydrogens is 278 g/mol. The Morgan fingerprint density at radius 3 is 2.85 bits per heavy atom. The third-order valence-electron chi connectivity index (χ3n) is 3.15. The molecule has 0 radical (unpaired) electrons. The third-order valence-corrected chi connectivity index (χ3v) is 3.40. The summed E-state index contributed by atoms with van der Waals surface area (Å²) in [6.07, 6.45) is 1.47. The van der Waals surface area contributed by atoms with E-state index in [1.807, 2.05) is 19.1 Å². The first-order valence-electron chi connectivity index (χ1n) is 6.06. The lowest BCUT2D eigenvalue weighted by Crippen LogP contribution is -2.21. The highest BCUT2D eigenvalue weighted by atomic mass is 35.5. The normalized spacial score (nSPS) is 10.9. The van der Waals surface area contributed by atoms with Gasteiger partial charge in [0.15, 0.2) is 5.65 Å². The molecule has 0 amide bonds. The van der Waals surface area contributed by atoms with Crippen molar-refractivity contribution in [3.63, 3.8) is 0 Å². The van der Waals surface area contributed by atoms with Crippen LogP contribution < -0.4 is 10.9 Å². The summed E-state index contributed by atoms with van der Waals surface area (Å²) in [7, 11) is 0. The number of fused-ring (bicyclic) bond motifs is 1. The van der Waals surface area contributed by atoms with Gasteiger partial charge < -0.3 is 5.32 Å². The number of hydrogen-bond acceptors (Lipinski definition) is 4. The summed E-state index contributed by atoms with van der Waals surface area (Å²) in [6.45, 7) is 2.27. The van der Waals surface area contributed by atoms with Crippen molar-refractivity contribution in [1.82, 2.24) is 19.8 Å². The molecule has 20 heavy (non-hydrogen) atoms. The van der Waals surface area contributed by atoms with E-state index in [0.29, 0.717) is 22.8 Å². The van der Waals surface area contributed by atoms with Crippen LogP contribution in [0.25, 0.3) is 5.65 Å². The Kier molecular flexibility index (Phi) is 3.15. The van der Waals surface area contributed by atoms with Gasteiger partial charge in [0.05, 0.1) is 0 Å². The second-order valence-corrected chi connectivity index (χ2v) is 4.87. The first-order valence-corrected chi connectivity index (χ1v) is 6.44. The fourth-order valence-electron chi connectivity index (χ4n) is 2.03. The van der Waals surface area contributed by atoms with E-state index in [-0.39, 0.29) is 5.56 Å². The molecule has 0 bridgehead atoms. The van der Waals surface area contributed by atoms with Crippen LogP contribution in [-0.2, 0) is 6.54 Å². The van der Waals surface area contributed by atoms with Crippen LogP contribution in [0.15, 0.2) is 35.4 Å². The highest BCUT2D eigenvalue weighted by molar-refractivity contribution is 6.30. The molecule has 0 unspecified atom stereocenters. The average Bonchev–Trinajstić information content (AvgIpc) is 2.89. The zero-order valence-electron chi connectivity index (χ0n) is 10.7. The Balaban J connectivity index is 1.90. The largest absolute Gasteiger partial charge is 0.381 e. The molecule has 0 aliphatic carbocycles. The number of rotatable bonds is 3. The van der Waals surface area contributed by atoms with E-state index in [9.17, 15) is 4.79 Å². The van der Waals surface area contributed by atoms with Gasteiger partial charge in [-0.25, -0.2) is 4.52 Å². The number of hydrogen-bond donors (Lipinski definition) is 2. The predicted molar refractivity (Wildman–Crippen MR) is 77.1 cm³/mol. The minimum atomic E-state index is -0.156. The summed E-state index contributed by atoms with van der Waals surface area (Å²) in [6, 6.07) is 7.31. The molecule has 2 aromatic heterocycles. The average molecular weight is 290 g/mol. The number of nitrogens with one attached hydrogen (secondary N) is 2. The van der Waals surface area contributed by atoms with Gasteiger partial charge in [-0.1, -0.05) is 11.6 Å². The van der Waals surface area contributed by atoms with E-state index in [2.05, 4.69) is 20.6 Å². The van der Waals surface area contributed by atoms with E-state index in [0.717, 1.165) is 11.3 Å². The quantitative estimate of drug-likeness (QED) is 0.773. The zero-order chi connectivity index (χ0) is 14.1. The summed E-state index contributed by atoms with van der Waals surface area (Å²) in [5.74, 6) is 0. The molecule has 2 heterocycles. The summed E-state index contributed by atoms with van der Waals surface area (Å²) in [4.78, 5) is 12.0. The molecule has 0 atom stereocenters. The molecule has 0 spiro atoms. The predicted octanol–water partition coefficient (Wildman–Crippen LogP) is 1.99. The number of aromatic nitrogens is 4. The Labute approximate surface area is 119 Å². The van der Waals surface area contributed by atoms with Crippen LogP contribution in [0.5, 0.6) is 0 Å². The number of halogens is 1. The van der Waals surface area contributed by atoms with Crippen molar-refractivity contribution in [3.05, 3.63) is 57.1 Å². The number of benzene rings is 1. The highest BCUT2D eigenvalue weighted by Crippen LogP contribution is 2.15. The molecule has 0 saturated carbocycles. The van der Waals surface area contributed by atoms with Crippen LogP contribution in [0.3, 0.4) is 0 Å². The summed E-state index contributed by atoms with van der Waals surface area (Å²) < 4.78 is 1.52. The number of H-pyrrole nitrogens is 1. The van der Waals surface area contributed by atoms with Gasteiger partial charge in [0.2, 0.25) is 0 Å². The van der Waals surface area contributed by atoms with Gasteiger partial charge in [-0.3, -0.25) is 9.89 Å². The van der Waals surface area contributed by atoms with Crippen molar-refractivity contribution in [2.75, 3.05) is 5.32 Å². The van der Waals surface area contributed by atoms with E-state index in [1.165, 1.54) is 10.8 Å². The maximum absolute atomic E-state index is 12.0. The topological polar surface area (TPSA) is 75.1 Å². The van der Waals surface area contributed by atoms with Crippen LogP contribution in [-0.4, -0.2) is 19.8 Å². The van der Waals surface area contributed by atoms with Gasteiger partial charge in [-0.05, 0) is 31.2 Å². The molecular formula is C13H12ClN5O. The van der Waals surface area contributed by atoms with Crippen LogP contribution >= 0.6 is 11.6 Å². The zero-order valence-corrected chi connectivity index (χ0v) is 11.5. The second-order valence-electron chi connectivity index (χ2n) is 4.43. The molecule has 0 aliphatic heterocycles. The number of anilines is 1. The van der Waals surface area contributed by atoms with Crippen LogP contribution in [0.2, 0.25) is 5.02 Å². The third kappa shape index (κ3) is 2.25. The molecule has 6 nitrogen and oxygen atoms in total. The van der Waals surface area contributed by atoms with Gasteiger partial charge in [-0.15, -0.1) is 10.2 Å². The number of nitrogens with zero attached hydrogens (tertiary/aromatic N) is 3. The lowest BCUT2D eigenvalue weighted by atomic mass is 10.1. The van der Waals surface area contributed by atoms with Crippen LogP contribution in [0, 0.1) is 6.92 Å². The van der Waals surface area contributed by atoms with Gasteiger partial charge in [0.25, 0.3) is 5.56 Å². The minimum Gasteiger partial charge on any atom is -0.381 e. The Morgan fingerprint density at radius 1 is 1.35 bits per heavy atom. The fourth-order valence-corrected chi connectivity index (χ4v) is 2.15. The number of aryl methyl sites for hydroxylation is 1. The molecule has 7 heteroatoms. The van der Waals surface area contributed by atoms with Crippen molar-refractivity contribution in [3.8, 4) is 0 Å². The van der Waals surface area contributed by atoms with Crippen molar-refractivity contribution >= 4 is 22.9 Å². The van der Waals surface area contributed by atoms with E-state index in [4.69, 9.17) is 11.6 Å². The van der Waals surface area contributed by atoms with Crippen molar-refractivity contribution in [2.24, 2.45) is 0 Å². The molecule has 102 valence electrons. The molecule has 2 N–H and O–H groups in total. The first-order chi connectivity index (χ1) is 9.65. The van der Waals surface area contributed by atoms with Gasteiger partial charge in [0, 0.05) is 28.4 Å². The molecule has 0 saturated heterocycles. The van der Waals surface area contributed by atoms with Crippen molar-refractivity contribution < 1.29 is 0 Å². The van der Waals surface area contributed by atoms with Gasteiger partial charge in [-0.2, -0.15) is 0 Å². The summed E-state index contributed by atoms with van der Waals surface area (Å²) in [5.41, 5.74) is 2.84. The van der Waals surface area contributed by atoms with Crippen molar-refractivity contribution in [2.45, 2.75) is 13.5 Å². The van der Waals surface area contributed by atoms with Crippen LogP contribution in [0.4, 0.5) is 5.69 Å². The molecule has 1 aromatic carbocycles. The molecule has 0 aliphatic rings. The van der Waals surface area contributed by atoms with E-state index in [1.54, 1.807) is 12.1 Å². The molecule has 3 rings (SSSR count). The van der Waals surface area contributed by atoms with Crippen molar-refractivity contribution in [1.29, 1.82) is 0 Å². The maximum Gasteiger partial charge on any atom is 0.268 e. The Morgan fingerprint density at radius 2 is 2.10 bits per heavy atom. The first kappa shape index (κ1) is 12.7. The summed E-state index contributed by atoms with van der Waals surface area (Å²) in [5, 5.41) is 14.3. The lowest BCUT2D eigenvalue weighted by Gasteiger charge is -2.09. The fraction of sp³-hybridized carbons (Fsp3) is 0.154. The number of aromatic amines is 1. The smallest absolute Gasteiger partial charge is 0.268 e. The monoisotopic (exact) mass is 289 g/mol. The standard InChI is InChI=1S/C13H12ClN5O/c1-8-11(6-15-10-4-2-9(14)3-5-10)13(20)18-19-7-16-17-12(8)19/h2-5,7,15H,6H2,1H3,(H,18,20). The van der Waals surface area contributed by atoms with Gasteiger partial charge in [0.1, 0.15) is 6.33 Å². The van der Waals surface area contributed by atoms with E-state index < -0.39 is 0 Å². The highest BCUT2D eigenvalue weighted by Gasteiger charge is 2.10. The van der Waals surface area contributed by atoms with Crippen LogP contribution in [0.1, 0.15) is 11.1 Å². The lowest BCUT2D eigenvalue weighted by molar-refractivity contribution is 0.864. The second kappa shape index (κ2) is 4.97. The van der Waals surface area contributed by atoms with E-state index >= 15 is 0 Å².